The first-order valence-corrected chi connectivity index (χ1v) is 7.41. The van der Waals surface area contributed by atoms with Crippen LogP contribution in [0.5, 0.6) is 0 Å². The standard InChI is InChI=1S/C16H20ClNO2/c1-2-12(13-4-3-5-14(17)10-13)11-16(20)18-8-6-15(19)7-9-18/h3-5,10-11,15,19H,2,6-9H2,1H3/b12-11-. The molecule has 20 heavy (non-hydrogen) atoms. The number of halogens is 1. The Hall–Kier alpha value is -1.32. The van der Waals surface area contributed by atoms with Gasteiger partial charge in [-0.05, 0) is 42.5 Å². The van der Waals surface area contributed by atoms with Gasteiger partial charge in [-0.2, -0.15) is 0 Å². The van der Waals surface area contributed by atoms with Gasteiger partial charge in [0.15, 0.2) is 0 Å². The van der Waals surface area contributed by atoms with Crippen molar-refractivity contribution >= 4 is 23.1 Å². The zero-order valence-corrected chi connectivity index (χ0v) is 12.4. The van der Waals surface area contributed by atoms with E-state index in [-0.39, 0.29) is 12.0 Å². The molecule has 1 amide bonds. The maximum atomic E-state index is 12.3. The number of aliphatic hydroxyl groups excluding tert-OH is 1. The van der Waals surface area contributed by atoms with Crippen molar-refractivity contribution in [3.8, 4) is 0 Å². The molecule has 1 saturated heterocycles. The molecule has 0 unspecified atom stereocenters. The molecule has 1 aromatic rings. The molecule has 1 heterocycles. The van der Waals surface area contributed by atoms with Crippen molar-refractivity contribution in [1.29, 1.82) is 0 Å². The predicted octanol–water partition coefficient (Wildman–Crippen LogP) is 3.12. The first kappa shape index (κ1) is 15.1. The maximum absolute atomic E-state index is 12.3. The summed E-state index contributed by atoms with van der Waals surface area (Å²) < 4.78 is 0. The van der Waals surface area contributed by atoms with Gasteiger partial charge in [0.1, 0.15) is 0 Å². The quantitative estimate of drug-likeness (QED) is 0.870. The highest BCUT2D eigenvalue weighted by Crippen LogP contribution is 2.22. The van der Waals surface area contributed by atoms with E-state index in [1.165, 1.54) is 0 Å². The van der Waals surface area contributed by atoms with E-state index in [0.29, 0.717) is 31.0 Å². The van der Waals surface area contributed by atoms with E-state index < -0.39 is 0 Å². The zero-order chi connectivity index (χ0) is 14.5. The molecule has 4 heteroatoms. The molecule has 108 valence electrons. The van der Waals surface area contributed by atoms with Crippen LogP contribution in [0.2, 0.25) is 5.02 Å². The molecule has 1 aromatic carbocycles. The monoisotopic (exact) mass is 293 g/mol. The summed E-state index contributed by atoms with van der Waals surface area (Å²) in [6, 6.07) is 7.56. The summed E-state index contributed by atoms with van der Waals surface area (Å²) in [5, 5.41) is 10.2. The number of piperidine rings is 1. The molecular weight excluding hydrogens is 274 g/mol. The minimum atomic E-state index is -0.262. The van der Waals surface area contributed by atoms with Gasteiger partial charge >= 0.3 is 0 Å². The number of rotatable bonds is 3. The molecule has 1 fully saturated rings. The van der Waals surface area contributed by atoms with E-state index in [2.05, 4.69) is 0 Å². The Morgan fingerprint density at radius 3 is 2.75 bits per heavy atom. The lowest BCUT2D eigenvalue weighted by Gasteiger charge is -2.29. The van der Waals surface area contributed by atoms with E-state index in [9.17, 15) is 9.90 Å². The van der Waals surface area contributed by atoms with Crippen LogP contribution in [-0.2, 0) is 4.79 Å². The van der Waals surface area contributed by atoms with Crippen LogP contribution < -0.4 is 0 Å². The van der Waals surface area contributed by atoms with Crippen LogP contribution in [-0.4, -0.2) is 35.1 Å². The smallest absolute Gasteiger partial charge is 0.246 e. The summed E-state index contributed by atoms with van der Waals surface area (Å²) in [5.41, 5.74) is 1.98. The lowest BCUT2D eigenvalue weighted by molar-refractivity contribution is -0.127. The highest BCUT2D eigenvalue weighted by molar-refractivity contribution is 6.30. The van der Waals surface area contributed by atoms with E-state index in [4.69, 9.17) is 11.6 Å². The first-order valence-electron chi connectivity index (χ1n) is 7.03. The highest BCUT2D eigenvalue weighted by Gasteiger charge is 2.20. The lowest BCUT2D eigenvalue weighted by Crippen LogP contribution is -2.39. The molecule has 3 nitrogen and oxygen atoms in total. The van der Waals surface area contributed by atoms with E-state index in [0.717, 1.165) is 17.6 Å². The number of aliphatic hydroxyl groups is 1. The zero-order valence-electron chi connectivity index (χ0n) is 11.7. The number of hydrogen-bond donors (Lipinski definition) is 1. The van der Waals surface area contributed by atoms with Crippen molar-refractivity contribution in [2.75, 3.05) is 13.1 Å². The van der Waals surface area contributed by atoms with Gasteiger partial charge in [0, 0.05) is 24.2 Å². The van der Waals surface area contributed by atoms with Gasteiger partial charge in [0.05, 0.1) is 6.10 Å². The van der Waals surface area contributed by atoms with Crippen LogP contribution in [0.3, 0.4) is 0 Å². The van der Waals surface area contributed by atoms with Crippen molar-refractivity contribution in [3.63, 3.8) is 0 Å². The third kappa shape index (κ3) is 3.84. The third-order valence-electron chi connectivity index (χ3n) is 3.65. The molecule has 0 spiro atoms. The molecule has 0 radical (unpaired) electrons. The number of nitrogens with zero attached hydrogens (tertiary/aromatic N) is 1. The van der Waals surface area contributed by atoms with Gasteiger partial charge in [0.25, 0.3) is 0 Å². The number of benzene rings is 1. The predicted molar refractivity (Wildman–Crippen MR) is 81.5 cm³/mol. The number of carbonyl (C=O) groups is 1. The fourth-order valence-electron chi connectivity index (χ4n) is 2.40. The average molecular weight is 294 g/mol. The minimum absolute atomic E-state index is 0.0220. The molecule has 2 rings (SSSR count). The number of allylic oxidation sites excluding steroid dienone is 1. The molecule has 1 N–H and O–H groups in total. The van der Waals surface area contributed by atoms with Crippen LogP contribution in [0.25, 0.3) is 5.57 Å². The number of likely N-dealkylation sites (tertiary alicyclic amines) is 1. The van der Waals surface area contributed by atoms with Crippen molar-refractivity contribution in [1.82, 2.24) is 4.90 Å². The van der Waals surface area contributed by atoms with Crippen molar-refractivity contribution < 1.29 is 9.90 Å². The Morgan fingerprint density at radius 1 is 1.45 bits per heavy atom. The van der Waals surface area contributed by atoms with Crippen molar-refractivity contribution in [3.05, 3.63) is 40.9 Å². The highest BCUT2D eigenvalue weighted by atomic mass is 35.5. The van der Waals surface area contributed by atoms with Crippen LogP contribution in [0, 0.1) is 0 Å². The van der Waals surface area contributed by atoms with Gasteiger partial charge in [-0.1, -0.05) is 30.7 Å². The second-order valence-electron chi connectivity index (χ2n) is 5.09. The fraction of sp³-hybridized carbons (Fsp3) is 0.438. The summed E-state index contributed by atoms with van der Waals surface area (Å²) in [6.45, 7) is 3.28. The summed E-state index contributed by atoms with van der Waals surface area (Å²) in [6.07, 6.45) is 3.55. The molecule has 0 saturated carbocycles. The van der Waals surface area contributed by atoms with Crippen LogP contribution >= 0.6 is 11.6 Å². The summed E-state index contributed by atoms with van der Waals surface area (Å²) in [7, 11) is 0. The van der Waals surface area contributed by atoms with E-state index in [1.54, 1.807) is 11.0 Å². The molecule has 0 aliphatic carbocycles. The molecule has 0 atom stereocenters. The Labute approximate surface area is 124 Å². The van der Waals surface area contributed by atoms with Crippen LogP contribution in [0.1, 0.15) is 31.7 Å². The number of amides is 1. The first-order chi connectivity index (χ1) is 9.60. The average Bonchev–Trinajstić information content (AvgIpc) is 2.45. The number of hydrogen-bond acceptors (Lipinski definition) is 2. The Bertz CT molecular complexity index is 505. The molecular formula is C16H20ClNO2. The topological polar surface area (TPSA) is 40.5 Å². The Kier molecular flexibility index (Phi) is 5.21. The summed E-state index contributed by atoms with van der Waals surface area (Å²) in [5.74, 6) is 0.0220. The van der Waals surface area contributed by atoms with Crippen molar-refractivity contribution in [2.24, 2.45) is 0 Å². The summed E-state index contributed by atoms with van der Waals surface area (Å²) >= 11 is 6.00. The van der Waals surface area contributed by atoms with Crippen LogP contribution in [0.4, 0.5) is 0 Å². The van der Waals surface area contributed by atoms with Gasteiger partial charge < -0.3 is 10.0 Å². The van der Waals surface area contributed by atoms with Gasteiger partial charge in [-0.15, -0.1) is 0 Å². The third-order valence-corrected chi connectivity index (χ3v) is 3.89. The molecule has 0 aromatic heterocycles. The minimum Gasteiger partial charge on any atom is -0.393 e. The fourth-order valence-corrected chi connectivity index (χ4v) is 2.59. The normalized spacial score (nSPS) is 17.4. The van der Waals surface area contributed by atoms with Crippen LogP contribution in [0.15, 0.2) is 30.3 Å². The lowest BCUT2D eigenvalue weighted by atomic mass is 10.0. The second kappa shape index (κ2) is 6.91. The van der Waals surface area contributed by atoms with Gasteiger partial charge in [-0.25, -0.2) is 0 Å². The Balaban J connectivity index is 2.12. The maximum Gasteiger partial charge on any atom is 0.246 e. The van der Waals surface area contributed by atoms with Crippen molar-refractivity contribution in [2.45, 2.75) is 32.3 Å². The molecule has 1 aliphatic rings. The summed E-state index contributed by atoms with van der Waals surface area (Å²) in [4.78, 5) is 14.1. The van der Waals surface area contributed by atoms with Gasteiger partial charge in [-0.3, -0.25) is 4.79 Å². The molecule has 0 bridgehead atoms. The van der Waals surface area contributed by atoms with E-state index >= 15 is 0 Å². The molecule has 1 aliphatic heterocycles. The Morgan fingerprint density at radius 2 is 2.15 bits per heavy atom. The largest absolute Gasteiger partial charge is 0.393 e. The number of carbonyl (C=O) groups excluding carboxylic acids is 1. The van der Waals surface area contributed by atoms with Gasteiger partial charge in [0.2, 0.25) is 5.91 Å². The van der Waals surface area contributed by atoms with E-state index in [1.807, 2.05) is 31.2 Å². The SMILES string of the molecule is CC/C(=C/C(=O)N1CCC(O)CC1)c1cccc(Cl)c1. The second-order valence-corrected chi connectivity index (χ2v) is 5.53.